The van der Waals surface area contributed by atoms with E-state index in [1.165, 1.54) is 5.57 Å². The number of hydrogen-bond donors (Lipinski definition) is 0. The summed E-state index contributed by atoms with van der Waals surface area (Å²) >= 11 is 0. The third-order valence-corrected chi connectivity index (χ3v) is 2.44. The SMILES string of the molecule is CC(=O)CC/C=C(\C)CCC/C(C)=C/C#N. The lowest BCUT2D eigenvalue weighted by Crippen LogP contribution is -1.88. The summed E-state index contributed by atoms with van der Waals surface area (Å²) in [6.45, 7) is 5.71. The smallest absolute Gasteiger partial charge is 0.130 e. The molecule has 0 N–H and O–H groups in total. The highest BCUT2D eigenvalue weighted by molar-refractivity contribution is 5.75. The third kappa shape index (κ3) is 9.21. The molecule has 2 nitrogen and oxygen atoms in total. The van der Waals surface area contributed by atoms with Crippen molar-refractivity contribution < 1.29 is 4.79 Å². The molecule has 2 heteroatoms. The first-order valence-corrected chi connectivity index (χ1v) is 5.76. The van der Waals surface area contributed by atoms with Gasteiger partial charge in [0.1, 0.15) is 5.78 Å². The molecule has 88 valence electrons. The Kier molecular flexibility index (Phi) is 8.15. The quantitative estimate of drug-likeness (QED) is 0.480. The predicted octanol–water partition coefficient (Wildman–Crippen LogP) is 3.94. The summed E-state index contributed by atoms with van der Waals surface area (Å²) in [6, 6.07) is 2.04. The second-order valence-corrected chi connectivity index (χ2v) is 4.26. The highest BCUT2D eigenvalue weighted by Crippen LogP contribution is 2.12. The van der Waals surface area contributed by atoms with Gasteiger partial charge in [0.25, 0.3) is 0 Å². The van der Waals surface area contributed by atoms with Crippen molar-refractivity contribution in [2.75, 3.05) is 0 Å². The van der Waals surface area contributed by atoms with Crippen LogP contribution >= 0.6 is 0 Å². The summed E-state index contributed by atoms with van der Waals surface area (Å²) in [5, 5.41) is 8.44. The lowest BCUT2D eigenvalue weighted by molar-refractivity contribution is -0.116. The number of rotatable bonds is 7. The molecule has 16 heavy (non-hydrogen) atoms. The fourth-order valence-corrected chi connectivity index (χ4v) is 1.45. The third-order valence-electron chi connectivity index (χ3n) is 2.44. The van der Waals surface area contributed by atoms with Crippen molar-refractivity contribution in [3.63, 3.8) is 0 Å². The van der Waals surface area contributed by atoms with Crippen molar-refractivity contribution in [3.8, 4) is 6.07 Å². The van der Waals surface area contributed by atoms with Crippen LogP contribution in [0.1, 0.15) is 52.9 Å². The number of Topliss-reactive ketones (excluding diaryl/α,β-unsaturated/α-hetero) is 1. The van der Waals surface area contributed by atoms with Crippen LogP contribution in [0.3, 0.4) is 0 Å². The topological polar surface area (TPSA) is 40.9 Å². The molecule has 0 rings (SSSR count). The van der Waals surface area contributed by atoms with E-state index in [9.17, 15) is 4.79 Å². The molecule has 0 aliphatic heterocycles. The molecule has 0 fully saturated rings. The van der Waals surface area contributed by atoms with Crippen LogP contribution in [0.4, 0.5) is 0 Å². The molecule has 0 aromatic rings. The van der Waals surface area contributed by atoms with Gasteiger partial charge in [-0.05, 0) is 46.5 Å². The highest BCUT2D eigenvalue weighted by atomic mass is 16.1. The van der Waals surface area contributed by atoms with Gasteiger partial charge in [0.2, 0.25) is 0 Å². The van der Waals surface area contributed by atoms with E-state index >= 15 is 0 Å². The second-order valence-electron chi connectivity index (χ2n) is 4.26. The van der Waals surface area contributed by atoms with Gasteiger partial charge in [-0.15, -0.1) is 0 Å². The number of carbonyl (C=O) groups excluding carboxylic acids is 1. The minimum absolute atomic E-state index is 0.247. The van der Waals surface area contributed by atoms with Crippen LogP contribution in [-0.2, 0) is 4.79 Å². The molecule has 0 aliphatic rings. The molecule has 0 bridgehead atoms. The van der Waals surface area contributed by atoms with Crippen molar-refractivity contribution in [3.05, 3.63) is 23.3 Å². The van der Waals surface area contributed by atoms with Crippen molar-refractivity contribution in [1.29, 1.82) is 5.26 Å². The number of allylic oxidation sites excluding steroid dienone is 4. The van der Waals surface area contributed by atoms with E-state index < -0.39 is 0 Å². The Morgan fingerprint density at radius 2 is 1.75 bits per heavy atom. The fourth-order valence-electron chi connectivity index (χ4n) is 1.45. The number of ketones is 1. The van der Waals surface area contributed by atoms with Gasteiger partial charge in [0, 0.05) is 12.5 Å². The summed E-state index contributed by atoms with van der Waals surface area (Å²) in [7, 11) is 0. The van der Waals surface area contributed by atoms with E-state index in [-0.39, 0.29) is 5.78 Å². The van der Waals surface area contributed by atoms with E-state index in [1.807, 2.05) is 13.0 Å². The monoisotopic (exact) mass is 219 g/mol. The van der Waals surface area contributed by atoms with Crippen molar-refractivity contribution >= 4 is 5.78 Å². The normalized spacial score (nSPS) is 12.4. The van der Waals surface area contributed by atoms with Crippen LogP contribution in [0.25, 0.3) is 0 Å². The Morgan fingerprint density at radius 3 is 2.31 bits per heavy atom. The fraction of sp³-hybridized carbons (Fsp3) is 0.571. The van der Waals surface area contributed by atoms with E-state index in [1.54, 1.807) is 13.0 Å². The van der Waals surface area contributed by atoms with Gasteiger partial charge in [-0.25, -0.2) is 0 Å². The first-order valence-electron chi connectivity index (χ1n) is 5.76. The van der Waals surface area contributed by atoms with Crippen LogP contribution in [0.2, 0.25) is 0 Å². The number of nitriles is 1. The minimum atomic E-state index is 0.247. The first kappa shape index (κ1) is 14.6. The maximum atomic E-state index is 10.7. The van der Waals surface area contributed by atoms with E-state index in [4.69, 9.17) is 5.26 Å². The average molecular weight is 219 g/mol. The molecule has 0 atom stereocenters. The Hall–Kier alpha value is -1.36. The molecule has 0 amide bonds. The molecule has 0 heterocycles. The molecule has 0 spiro atoms. The summed E-state index contributed by atoms with van der Waals surface area (Å²) in [5.74, 6) is 0.247. The van der Waals surface area contributed by atoms with Gasteiger partial charge in [0.15, 0.2) is 0 Å². The van der Waals surface area contributed by atoms with E-state index in [2.05, 4.69) is 13.0 Å². The maximum Gasteiger partial charge on any atom is 0.130 e. The van der Waals surface area contributed by atoms with Crippen molar-refractivity contribution in [1.82, 2.24) is 0 Å². The van der Waals surface area contributed by atoms with Gasteiger partial charge in [0.05, 0.1) is 6.07 Å². The van der Waals surface area contributed by atoms with E-state index in [0.717, 1.165) is 31.3 Å². The van der Waals surface area contributed by atoms with Crippen LogP contribution < -0.4 is 0 Å². The average Bonchev–Trinajstić information content (AvgIpc) is 2.17. The summed E-state index contributed by atoms with van der Waals surface area (Å²) in [6.07, 6.45) is 8.35. The molecule has 0 aromatic carbocycles. The van der Waals surface area contributed by atoms with Gasteiger partial charge in [-0.2, -0.15) is 5.26 Å². The molecule has 0 unspecified atom stereocenters. The summed E-state index contributed by atoms with van der Waals surface area (Å²) < 4.78 is 0. The summed E-state index contributed by atoms with van der Waals surface area (Å²) in [5.41, 5.74) is 2.48. The maximum absolute atomic E-state index is 10.7. The Labute approximate surface area is 98.7 Å². The largest absolute Gasteiger partial charge is 0.300 e. The molecule has 0 aliphatic carbocycles. The lowest BCUT2D eigenvalue weighted by Gasteiger charge is -2.01. The molecule has 0 saturated heterocycles. The molecule has 0 saturated carbocycles. The van der Waals surface area contributed by atoms with Crippen LogP contribution in [0.15, 0.2) is 23.3 Å². The van der Waals surface area contributed by atoms with E-state index in [0.29, 0.717) is 6.42 Å². The summed E-state index contributed by atoms with van der Waals surface area (Å²) in [4.78, 5) is 10.7. The number of nitrogens with zero attached hydrogens (tertiary/aromatic N) is 1. The highest BCUT2D eigenvalue weighted by Gasteiger charge is 1.94. The molecule has 0 aromatic heterocycles. The molecule has 0 radical (unpaired) electrons. The van der Waals surface area contributed by atoms with Crippen molar-refractivity contribution in [2.24, 2.45) is 0 Å². The number of carbonyl (C=O) groups is 1. The van der Waals surface area contributed by atoms with Crippen LogP contribution in [-0.4, -0.2) is 5.78 Å². The standard InChI is InChI=1S/C14H21NO/c1-12(8-5-9-14(3)16)6-4-7-13(2)10-11-15/h8,10H,4-7,9H2,1-3H3/b12-8+,13-10+. The minimum Gasteiger partial charge on any atom is -0.300 e. The second kappa shape index (κ2) is 8.91. The van der Waals surface area contributed by atoms with Gasteiger partial charge in [-0.3, -0.25) is 0 Å². The Bertz CT molecular complexity index is 318. The first-order chi connectivity index (χ1) is 7.56. The zero-order valence-electron chi connectivity index (χ0n) is 10.5. The van der Waals surface area contributed by atoms with Crippen LogP contribution in [0, 0.1) is 11.3 Å². The van der Waals surface area contributed by atoms with Gasteiger partial charge >= 0.3 is 0 Å². The van der Waals surface area contributed by atoms with Crippen molar-refractivity contribution in [2.45, 2.75) is 52.9 Å². The number of hydrogen-bond acceptors (Lipinski definition) is 2. The zero-order valence-corrected chi connectivity index (χ0v) is 10.5. The Morgan fingerprint density at radius 1 is 1.12 bits per heavy atom. The molecular weight excluding hydrogens is 198 g/mol. The lowest BCUT2D eigenvalue weighted by atomic mass is 10.0. The molecular formula is C14H21NO. The van der Waals surface area contributed by atoms with Crippen LogP contribution in [0.5, 0.6) is 0 Å². The van der Waals surface area contributed by atoms with Gasteiger partial charge < -0.3 is 4.79 Å². The predicted molar refractivity (Wildman–Crippen MR) is 66.9 cm³/mol. The zero-order chi connectivity index (χ0) is 12.4. The Balaban J connectivity index is 3.73. The van der Waals surface area contributed by atoms with Gasteiger partial charge in [-0.1, -0.05) is 17.2 Å².